The number of anilines is 1. The molecule has 2 aliphatic rings. The molecule has 1 saturated heterocycles. The van der Waals surface area contributed by atoms with Crippen molar-refractivity contribution in [2.75, 3.05) is 37.6 Å². The lowest BCUT2D eigenvalue weighted by molar-refractivity contribution is 0.0735. The molecule has 2 aliphatic heterocycles. The Morgan fingerprint density at radius 2 is 1.53 bits per heavy atom. The van der Waals surface area contributed by atoms with Gasteiger partial charge in [0.05, 0.1) is 4.88 Å². The fourth-order valence-electron chi connectivity index (χ4n) is 4.35. The molecule has 0 aliphatic carbocycles. The molecule has 164 valence electrons. The van der Waals surface area contributed by atoms with Gasteiger partial charge in [-0.25, -0.2) is 4.39 Å². The summed E-state index contributed by atoms with van der Waals surface area (Å²) in [5.74, 6) is -0.149. The van der Waals surface area contributed by atoms with E-state index in [1.807, 2.05) is 46.2 Å². The summed E-state index contributed by atoms with van der Waals surface area (Å²) in [5, 5.41) is 0. The van der Waals surface area contributed by atoms with E-state index >= 15 is 0 Å². The zero-order valence-corrected chi connectivity index (χ0v) is 18.5. The quantitative estimate of drug-likeness (QED) is 0.606. The van der Waals surface area contributed by atoms with Crippen LogP contribution in [0.5, 0.6) is 0 Å². The lowest BCUT2D eigenvalue weighted by atomic mass is 10.1. The third kappa shape index (κ3) is 4.12. The van der Waals surface area contributed by atoms with Gasteiger partial charge in [0.25, 0.3) is 11.8 Å². The Hall–Kier alpha value is -3.19. The second-order valence-corrected chi connectivity index (χ2v) is 9.29. The smallest absolute Gasteiger partial charge is 0.264 e. The van der Waals surface area contributed by atoms with Crippen molar-refractivity contribution < 1.29 is 14.0 Å². The van der Waals surface area contributed by atoms with Crippen molar-refractivity contribution in [3.05, 3.63) is 87.4 Å². The van der Waals surface area contributed by atoms with Gasteiger partial charge < -0.3 is 14.7 Å². The first kappa shape index (κ1) is 20.7. The number of fused-ring (bicyclic) bond motifs is 1. The predicted octanol–water partition coefficient (Wildman–Crippen LogP) is 4.05. The van der Waals surface area contributed by atoms with Crippen molar-refractivity contribution in [3.8, 4) is 0 Å². The van der Waals surface area contributed by atoms with Crippen LogP contribution in [0.2, 0.25) is 0 Å². The summed E-state index contributed by atoms with van der Waals surface area (Å²) < 4.78 is 13.2. The maximum absolute atomic E-state index is 13.2. The van der Waals surface area contributed by atoms with Crippen molar-refractivity contribution in [3.63, 3.8) is 0 Å². The van der Waals surface area contributed by atoms with Gasteiger partial charge in [-0.05, 0) is 54.4 Å². The van der Waals surface area contributed by atoms with Crippen molar-refractivity contribution in [2.45, 2.75) is 13.0 Å². The molecule has 0 atom stereocenters. The molecule has 1 aromatic heterocycles. The van der Waals surface area contributed by atoms with Gasteiger partial charge in [-0.15, -0.1) is 11.3 Å². The molecule has 1 fully saturated rings. The first-order chi connectivity index (χ1) is 15.6. The summed E-state index contributed by atoms with van der Waals surface area (Å²) in [6, 6.07) is 17.8. The number of nitrogens with zero attached hydrogens (tertiary/aromatic N) is 3. The third-order valence-electron chi connectivity index (χ3n) is 6.14. The minimum Gasteiger partial charge on any atom is -0.368 e. The van der Waals surface area contributed by atoms with E-state index < -0.39 is 0 Å². The van der Waals surface area contributed by atoms with Crippen LogP contribution in [-0.4, -0.2) is 54.3 Å². The summed E-state index contributed by atoms with van der Waals surface area (Å²) >= 11 is 1.56. The molecular weight excluding hydrogens is 425 g/mol. The number of halogens is 1. The zero-order chi connectivity index (χ0) is 22.1. The first-order valence-corrected chi connectivity index (χ1v) is 11.7. The molecule has 3 heterocycles. The second-order valence-electron chi connectivity index (χ2n) is 8.16. The topological polar surface area (TPSA) is 43.9 Å². The Balaban J connectivity index is 1.23. The van der Waals surface area contributed by atoms with Gasteiger partial charge in [0, 0.05) is 55.4 Å². The van der Waals surface area contributed by atoms with Crippen molar-refractivity contribution in [1.82, 2.24) is 9.80 Å². The van der Waals surface area contributed by atoms with Gasteiger partial charge >= 0.3 is 0 Å². The van der Waals surface area contributed by atoms with E-state index in [-0.39, 0.29) is 17.6 Å². The zero-order valence-electron chi connectivity index (χ0n) is 17.7. The van der Waals surface area contributed by atoms with Crippen LogP contribution in [0.15, 0.2) is 60.7 Å². The average Bonchev–Trinajstić information content (AvgIpc) is 3.28. The number of rotatable bonds is 3. The number of piperazine rings is 1. The van der Waals surface area contributed by atoms with E-state index in [9.17, 15) is 14.0 Å². The molecule has 5 rings (SSSR count). The van der Waals surface area contributed by atoms with E-state index in [1.54, 1.807) is 23.5 Å². The van der Waals surface area contributed by atoms with E-state index in [4.69, 9.17) is 0 Å². The van der Waals surface area contributed by atoms with E-state index in [0.29, 0.717) is 31.7 Å². The largest absolute Gasteiger partial charge is 0.368 e. The van der Waals surface area contributed by atoms with Gasteiger partial charge in [0.1, 0.15) is 5.82 Å². The predicted molar refractivity (Wildman–Crippen MR) is 124 cm³/mol. The number of hydrogen-bond donors (Lipinski definition) is 0. The molecule has 5 nitrogen and oxygen atoms in total. The normalized spacial score (nSPS) is 16.1. The van der Waals surface area contributed by atoms with Crippen LogP contribution < -0.4 is 4.90 Å². The van der Waals surface area contributed by atoms with E-state index in [1.165, 1.54) is 17.0 Å². The van der Waals surface area contributed by atoms with Crippen molar-refractivity contribution >= 4 is 28.8 Å². The number of thiophene rings is 1. The highest BCUT2D eigenvalue weighted by atomic mass is 32.1. The van der Waals surface area contributed by atoms with Crippen LogP contribution in [0, 0.1) is 5.82 Å². The maximum atomic E-state index is 13.2. The fourth-order valence-corrected chi connectivity index (χ4v) is 5.48. The monoisotopic (exact) mass is 449 g/mol. The molecule has 0 bridgehead atoms. The molecule has 7 heteroatoms. The number of amides is 2. The number of hydrogen-bond acceptors (Lipinski definition) is 4. The summed E-state index contributed by atoms with van der Waals surface area (Å²) in [5.41, 5.74) is 2.76. The lowest BCUT2D eigenvalue weighted by Gasteiger charge is -2.36. The highest BCUT2D eigenvalue weighted by Gasteiger charge is 2.28. The summed E-state index contributed by atoms with van der Waals surface area (Å²) in [7, 11) is 0. The Labute approximate surface area is 190 Å². The number of benzene rings is 2. The van der Waals surface area contributed by atoms with Gasteiger partial charge in [0.2, 0.25) is 0 Å². The Morgan fingerprint density at radius 1 is 0.812 bits per heavy atom. The maximum Gasteiger partial charge on any atom is 0.264 e. The number of carbonyl (C=O) groups excluding carboxylic acids is 2. The standard InChI is InChI=1S/C25H24FN3O2S/c26-20-6-8-21(9-7-20)27-12-14-28(15-13-27)25(31)23-16-19-17-29(11-10-22(19)32-23)24(30)18-4-2-1-3-5-18/h1-9,16H,10-15,17H2. The summed E-state index contributed by atoms with van der Waals surface area (Å²) in [6.07, 6.45) is 0.782. The molecule has 0 radical (unpaired) electrons. The minimum absolute atomic E-state index is 0.0345. The van der Waals surface area contributed by atoms with Crippen LogP contribution in [0.4, 0.5) is 10.1 Å². The second kappa shape index (κ2) is 8.74. The Kier molecular flexibility index (Phi) is 5.66. The van der Waals surface area contributed by atoms with Crippen molar-refractivity contribution in [1.29, 1.82) is 0 Å². The van der Waals surface area contributed by atoms with Gasteiger partial charge in [-0.2, -0.15) is 0 Å². The SMILES string of the molecule is O=C(c1ccccc1)N1CCc2sc(C(=O)N3CCN(c4ccc(F)cc4)CC3)cc2C1. The highest BCUT2D eigenvalue weighted by molar-refractivity contribution is 7.14. The highest BCUT2D eigenvalue weighted by Crippen LogP contribution is 2.30. The average molecular weight is 450 g/mol. The first-order valence-electron chi connectivity index (χ1n) is 10.8. The molecular formula is C25H24FN3O2S. The van der Waals surface area contributed by atoms with Crippen LogP contribution >= 0.6 is 11.3 Å². The van der Waals surface area contributed by atoms with E-state index in [0.717, 1.165) is 35.6 Å². The van der Waals surface area contributed by atoms with Crippen LogP contribution in [0.25, 0.3) is 0 Å². The van der Waals surface area contributed by atoms with Crippen molar-refractivity contribution in [2.24, 2.45) is 0 Å². The minimum atomic E-state index is -0.242. The Bertz CT molecular complexity index is 1120. The van der Waals surface area contributed by atoms with Gasteiger partial charge in [-0.3, -0.25) is 9.59 Å². The third-order valence-corrected chi connectivity index (χ3v) is 7.37. The summed E-state index contributed by atoms with van der Waals surface area (Å²) in [4.78, 5) is 33.8. The van der Waals surface area contributed by atoms with E-state index in [2.05, 4.69) is 4.90 Å². The number of carbonyl (C=O) groups is 2. The van der Waals surface area contributed by atoms with Gasteiger partial charge in [-0.1, -0.05) is 18.2 Å². The van der Waals surface area contributed by atoms with Crippen LogP contribution in [0.1, 0.15) is 30.5 Å². The molecule has 3 aromatic rings. The molecule has 32 heavy (non-hydrogen) atoms. The lowest BCUT2D eigenvalue weighted by Crippen LogP contribution is -2.48. The molecule has 0 unspecified atom stereocenters. The summed E-state index contributed by atoms with van der Waals surface area (Å²) in [6.45, 7) is 3.94. The van der Waals surface area contributed by atoms with Gasteiger partial charge in [0.15, 0.2) is 0 Å². The Morgan fingerprint density at radius 3 is 2.25 bits per heavy atom. The molecule has 0 spiro atoms. The van der Waals surface area contributed by atoms with Crippen LogP contribution in [-0.2, 0) is 13.0 Å². The molecule has 2 amide bonds. The fraction of sp³-hybridized carbons (Fsp3) is 0.280. The molecule has 2 aromatic carbocycles. The molecule has 0 N–H and O–H groups in total. The van der Waals surface area contributed by atoms with Crippen LogP contribution in [0.3, 0.4) is 0 Å². The molecule has 0 saturated carbocycles.